The van der Waals surface area contributed by atoms with E-state index in [0.29, 0.717) is 5.06 Å². The molecule has 0 rings (SSSR count). The molecule has 0 amide bonds. The minimum atomic E-state index is -1.18. The Morgan fingerprint density at radius 3 is 1.90 bits per heavy atom. The van der Waals surface area contributed by atoms with E-state index < -0.39 is 43.6 Å². The molecule has 10 heteroatoms. The van der Waals surface area contributed by atoms with Gasteiger partial charge in [-0.3, -0.25) is 19.3 Å². The Bertz CT molecular complexity index is 346. The average molecular weight is 308 g/mol. The zero-order chi connectivity index (χ0) is 16.4. The van der Waals surface area contributed by atoms with Gasteiger partial charge in [0, 0.05) is 12.6 Å². The van der Waals surface area contributed by atoms with Crippen molar-refractivity contribution >= 4 is 17.9 Å². The van der Waals surface area contributed by atoms with Gasteiger partial charge >= 0.3 is 17.9 Å². The van der Waals surface area contributed by atoms with Crippen LogP contribution in [0.3, 0.4) is 0 Å². The highest BCUT2D eigenvalue weighted by atomic mass is 16.5. The van der Waals surface area contributed by atoms with Gasteiger partial charge in [0.05, 0.1) is 26.3 Å². The van der Waals surface area contributed by atoms with Crippen molar-refractivity contribution in [1.29, 1.82) is 0 Å². The van der Waals surface area contributed by atoms with Crippen LogP contribution < -0.4 is 0 Å². The number of hydroxylamine groups is 2. The van der Waals surface area contributed by atoms with Crippen LogP contribution in [0, 0.1) is 0 Å². The van der Waals surface area contributed by atoms with Gasteiger partial charge < -0.3 is 25.3 Å². The van der Waals surface area contributed by atoms with Crippen LogP contribution in [0.5, 0.6) is 0 Å². The van der Waals surface area contributed by atoms with Crippen LogP contribution in [0.4, 0.5) is 0 Å². The quantitative estimate of drug-likeness (QED) is 0.251. The van der Waals surface area contributed by atoms with Gasteiger partial charge in [-0.15, -0.1) is 0 Å². The molecule has 0 bridgehead atoms. The summed E-state index contributed by atoms with van der Waals surface area (Å²) in [6.45, 7) is 0.271. The number of carboxylic acid groups (broad SMARTS) is 3. The molecular weight excluding hydrogens is 288 g/mol. The van der Waals surface area contributed by atoms with Crippen molar-refractivity contribution in [3.05, 3.63) is 0 Å². The minimum absolute atomic E-state index is 0.0299. The first-order valence-electron chi connectivity index (χ1n) is 6.13. The molecule has 0 aliphatic carbocycles. The molecule has 1 atom stereocenters. The topological polar surface area (TPSA) is 148 Å². The largest absolute Gasteiger partial charge is 0.480 e. The monoisotopic (exact) mass is 308 g/mol. The fraction of sp³-hybridized carbons (Fsp3) is 0.727. The molecule has 0 saturated heterocycles. The van der Waals surface area contributed by atoms with Gasteiger partial charge in [0.2, 0.25) is 0 Å². The summed E-state index contributed by atoms with van der Waals surface area (Å²) in [5.74, 6) is -3.47. The third kappa shape index (κ3) is 10.7. The highest BCUT2D eigenvalue weighted by Gasteiger charge is 2.19. The van der Waals surface area contributed by atoms with Crippen LogP contribution in [-0.4, -0.2) is 93.8 Å². The molecule has 0 aromatic heterocycles. The second-order valence-corrected chi connectivity index (χ2v) is 4.40. The number of aliphatic carboxylic acids is 3. The molecule has 0 saturated carbocycles. The predicted molar refractivity (Wildman–Crippen MR) is 68.1 cm³/mol. The first-order valence-corrected chi connectivity index (χ1v) is 6.13. The maximum Gasteiger partial charge on any atom is 0.320 e. The summed E-state index contributed by atoms with van der Waals surface area (Å²) in [5.41, 5.74) is 0. The fourth-order valence-electron chi connectivity index (χ4n) is 1.48. The van der Waals surface area contributed by atoms with Gasteiger partial charge in [-0.1, -0.05) is 0 Å². The molecule has 0 fully saturated rings. The predicted octanol–water partition coefficient (Wildman–Crippen LogP) is -1.36. The van der Waals surface area contributed by atoms with E-state index >= 15 is 0 Å². The van der Waals surface area contributed by atoms with Gasteiger partial charge in [-0.25, -0.2) is 0 Å². The van der Waals surface area contributed by atoms with Gasteiger partial charge in [0.25, 0.3) is 0 Å². The van der Waals surface area contributed by atoms with Crippen molar-refractivity contribution in [2.75, 3.05) is 39.4 Å². The van der Waals surface area contributed by atoms with Crippen LogP contribution in [0.1, 0.15) is 6.92 Å². The molecule has 0 aliphatic rings. The Hall–Kier alpha value is -1.75. The van der Waals surface area contributed by atoms with E-state index in [4.69, 9.17) is 25.3 Å². The maximum absolute atomic E-state index is 10.6. The first-order chi connectivity index (χ1) is 9.72. The lowest BCUT2D eigenvalue weighted by Gasteiger charge is -2.25. The lowest BCUT2D eigenvalue weighted by molar-refractivity contribution is -0.155. The number of hydrogen-bond acceptors (Lipinski definition) is 7. The molecule has 0 radical (unpaired) electrons. The van der Waals surface area contributed by atoms with Crippen molar-refractivity contribution in [3.63, 3.8) is 0 Å². The Kier molecular flexibility index (Phi) is 9.21. The zero-order valence-electron chi connectivity index (χ0n) is 11.6. The zero-order valence-corrected chi connectivity index (χ0v) is 11.6. The third-order valence-corrected chi connectivity index (χ3v) is 2.47. The SMILES string of the molecule is CC(COCCN(O)CC(=O)O)N(CC(=O)O)CC(=O)O. The normalized spacial score (nSPS) is 12.6. The highest BCUT2D eigenvalue weighted by Crippen LogP contribution is 2.00. The number of ether oxygens (including phenoxy) is 1. The van der Waals surface area contributed by atoms with Crippen LogP contribution in [-0.2, 0) is 19.1 Å². The smallest absolute Gasteiger partial charge is 0.320 e. The van der Waals surface area contributed by atoms with Gasteiger partial charge in [0.1, 0.15) is 6.54 Å². The third-order valence-electron chi connectivity index (χ3n) is 2.47. The van der Waals surface area contributed by atoms with Crippen LogP contribution in [0.25, 0.3) is 0 Å². The molecule has 0 aliphatic heterocycles. The van der Waals surface area contributed by atoms with Crippen molar-refractivity contribution in [3.8, 4) is 0 Å². The standard InChI is InChI=1S/C11H20N2O8/c1-8(12(4-9(14)15)5-10(16)17)7-21-3-2-13(20)6-11(18)19/h8,20H,2-7H2,1H3,(H,14,15)(H,16,17)(H,18,19). The van der Waals surface area contributed by atoms with Crippen LogP contribution in [0.15, 0.2) is 0 Å². The Labute approximate surface area is 121 Å². The van der Waals surface area contributed by atoms with E-state index in [9.17, 15) is 14.4 Å². The molecule has 10 nitrogen and oxygen atoms in total. The lowest BCUT2D eigenvalue weighted by Crippen LogP contribution is -2.43. The molecule has 0 spiro atoms. The highest BCUT2D eigenvalue weighted by molar-refractivity contribution is 5.72. The lowest BCUT2D eigenvalue weighted by atomic mass is 10.3. The Morgan fingerprint density at radius 2 is 1.48 bits per heavy atom. The van der Waals surface area contributed by atoms with Gasteiger partial charge in [-0.2, -0.15) is 5.06 Å². The van der Waals surface area contributed by atoms with Crippen LogP contribution >= 0.6 is 0 Å². The second kappa shape index (κ2) is 10.0. The van der Waals surface area contributed by atoms with E-state index in [0.717, 1.165) is 0 Å². The molecule has 21 heavy (non-hydrogen) atoms. The summed E-state index contributed by atoms with van der Waals surface area (Å²) < 4.78 is 5.17. The van der Waals surface area contributed by atoms with Gasteiger partial charge in [-0.05, 0) is 6.92 Å². The molecule has 4 N–H and O–H groups in total. The Morgan fingerprint density at radius 1 is 1.00 bits per heavy atom. The van der Waals surface area contributed by atoms with Gasteiger partial charge in [0.15, 0.2) is 0 Å². The van der Waals surface area contributed by atoms with E-state index in [1.165, 1.54) is 4.90 Å². The fourth-order valence-corrected chi connectivity index (χ4v) is 1.48. The average Bonchev–Trinajstić information content (AvgIpc) is 2.31. The van der Waals surface area contributed by atoms with E-state index in [1.54, 1.807) is 6.92 Å². The molecule has 0 aromatic rings. The first kappa shape index (κ1) is 19.2. The molecular formula is C11H20N2O8. The molecule has 122 valence electrons. The molecule has 0 aromatic carbocycles. The summed E-state index contributed by atoms with van der Waals surface area (Å²) in [5, 5.41) is 35.5. The van der Waals surface area contributed by atoms with Crippen molar-refractivity contribution < 1.29 is 39.6 Å². The Balaban J connectivity index is 4.07. The van der Waals surface area contributed by atoms with Crippen molar-refractivity contribution in [2.45, 2.75) is 13.0 Å². The van der Waals surface area contributed by atoms with E-state index in [1.807, 2.05) is 0 Å². The molecule has 1 unspecified atom stereocenters. The van der Waals surface area contributed by atoms with E-state index in [2.05, 4.69) is 0 Å². The second-order valence-electron chi connectivity index (χ2n) is 4.40. The summed E-state index contributed by atoms with van der Waals surface area (Å²) in [6, 6.07) is -0.455. The number of rotatable bonds is 12. The van der Waals surface area contributed by atoms with Crippen molar-refractivity contribution in [1.82, 2.24) is 9.96 Å². The summed E-state index contributed by atoms with van der Waals surface area (Å²) in [4.78, 5) is 32.8. The summed E-state index contributed by atoms with van der Waals surface area (Å²) in [7, 11) is 0. The summed E-state index contributed by atoms with van der Waals surface area (Å²) >= 11 is 0. The summed E-state index contributed by atoms with van der Waals surface area (Å²) in [6.07, 6.45) is 0. The van der Waals surface area contributed by atoms with Crippen LogP contribution in [0.2, 0.25) is 0 Å². The van der Waals surface area contributed by atoms with Crippen molar-refractivity contribution in [2.24, 2.45) is 0 Å². The number of carbonyl (C=O) groups is 3. The number of hydrogen-bond donors (Lipinski definition) is 4. The number of carboxylic acids is 3. The van der Waals surface area contributed by atoms with E-state index in [-0.39, 0.29) is 19.8 Å². The number of nitrogens with zero attached hydrogens (tertiary/aromatic N) is 2. The minimum Gasteiger partial charge on any atom is -0.480 e. The maximum atomic E-state index is 10.6. The molecule has 0 heterocycles.